The molecule has 2 aromatic heterocycles. The van der Waals surface area contributed by atoms with Crippen molar-refractivity contribution in [2.45, 2.75) is 0 Å². The third kappa shape index (κ3) is 1.23. The van der Waals surface area contributed by atoms with Crippen LogP contribution in [-0.4, -0.2) is 0 Å². The van der Waals surface area contributed by atoms with Crippen molar-refractivity contribution in [3.05, 3.63) is 61.3 Å². The van der Waals surface area contributed by atoms with Crippen molar-refractivity contribution < 1.29 is 8.83 Å². The normalized spacial score (nSPS) is 11.3. The van der Waals surface area contributed by atoms with E-state index in [0.29, 0.717) is 0 Å². The van der Waals surface area contributed by atoms with Crippen LogP contribution in [0.1, 0.15) is 0 Å². The highest BCUT2D eigenvalue weighted by Gasteiger charge is 2.12. The lowest BCUT2D eigenvalue weighted by molar-refractivity contribution is 0.571. The molecular weight excluding hydrogens is 224 g/mol. The van der Waals surface area contributed by atoms with E-state index in [1.807, 2.05) is 30.3 Å². The van der Waals surface area contributed by atoms with E-state index in [1.54, 1.807) is 18.8 Å². The molecular formula is C16H9O2. The fourth-order valence-electron chi connectivity index (χ4n) is 2.31. The van der Waals surface area contributed by atoms with Crippen LogP contribution in [0.15, 0.2) is 64.0 Å². The number of furan rings is 2. The van der Waals surface area contributed by atoms with Crippen LogP contribution in [0.5, 0.6) is 0 Å². The molecule has 0 saturated carbocycles. The van der Waals surface area contributed by atoms with Gasteiger partial charge in [0, 0.05) is 27.1 Å². The van der Waals surface area contributed by atoms with E-state index in [2.05, 4.69) is 12.1 Å². The smallest absolute Gasteiger partial charge is 0.143 e. The molecule has 1 radical (unpaired) electrons. The third-order valence-corrected chi connectivity index (χ3v) is 3.19. The largest absolute Gasteiger partial charge is 0.471 e. The molecule has 0 amide bonds. The first-order valence-electron chi connectivity index (χ1n) is 5.77. The fourth-order valence-corrected chi connectivity index (χ4v) is 2.31. The molecule has 0 atom stereocenters. The number of fused-ring (bicyclic) bond motifs is 2. The van der Waals surface area contributed by atoms with Crippen LogP contribution in [-0.2, 0) is 0 Å². The summed E-state index contributed by atoms with van der Waals surface area (Å²) in [7, 11) is 0. The molecule has 0 aliphatic carbocycles. The third-order valence-electron chi connectivity index (χ3n) is 3.19. The first-order chi connectivity index (χ1) is 8.93. The van der Waals surface area contributed by atoms with Gasteiger partial charge in [0.2, 0.25) is 0 Å². The molecule has 85 valence electrons. The van der Waals surface area contributed by atoms with E-state index < -0.39 is 0 Å². The summed E-state index contributed by atoms with van der Waals surface area (Å²) in [6, 6.07) is 15.2. The van der Waals surface area contributed by atoms with Gasteiger partial charge in [0.1, 0.15) is 5.76 Å². The molecule has 4 rings (SSSR count). The number of hydrogen-bond donors (Lipinski definition) is 0. The van der Waals surface area contributed by atoms with Crippen molar-refractivity contribution in [3.8, 4) is 11.3 Å². The minimum absolute atomic E-state index is 0.845. The molecule has 0 aliphatic heterocycles. The highest BCUT2D eigenvalue weighted by Crippen LogP contribution is 2.34. The van der Waals surface area contributed by atoms with Gasteiger partial charge in [-0.05, 0) is 6.07 Å². The summed E-state index contributed by atoms with van der Waals surface area (Å²) in [6.45, 7) is 0. The minimum Gasteiger partial charge on any atom is -0.471 e. The topological polar surface area (TPSA) is 26.3 Å². The van der Waals surface area contributed by atoms with Crippen molar-refractivity contribution >= 4 is 21.5 Å². The SMILES string of the molecule is [c]1ccc2cocc2c1-c1occ2ccccc12. The Hall–Kier alpha value is -2.48. The number of hydrogen-bond acceptors (Lipinski definition) is 2. The summed E-state index contributed by atoms with van der Waals surface area (Å²) in [4.78, 5) is 0. The van der Waals surface area contributed by atoms with E-state index in [4.69, 9.17) is 8.83 Å². The fraction of sp³-hybridized carbons (Fsp3) is 0. The van der Waals surface area contributed by atoms with Crippen LogP contribution in [0.4, 0.5) is 0 Å². The number of rotatable bonds is 1. The second-order valence-electron chi connectivity index (χ2n) is 4.25. The van der Waals surface area contributed by atoms with Gasteiger partial charge in [-0.3, -0.25) is 0 Å². The van der Waals surface area contributed by atoms with E-state index in [1.165, 1.54) is 0 Å². The number of benzene rings is 2. The monoisotopic (exact) mass is 233 g/mol. The van der Waals surface area contributed by atoms with E-state index in [0.717, 1.165) is 32.9 Å². The average molecular weight is 233 g/mol. The van der Waals surface area contributed by atoms with Gasteiger partial charge in [-0.25, -0.2) is 0 Å². The van der Waals surface area contributed by atoms with Crippen molar-refractivity contribution in [2.24, 2.45) is 0 Å². The van der Waals surface area contributed by atoms with Gasteiger partial charge in [-0.1, -0.05) is 36.4 Å². The van der Waals surface area contributed by atoms with Crippen LogP contribution >= 0.6 is 0 Å². The van der Waals surface area contributed by atoms with Crippen LogP contribution in [0.25, 0.3) is 32.9 Å². The molecule has 0 spiro atoms. The van der Waals surface area contributed by atoms with Gasteiger partial charge in [0.15, 0.2) is 0 Å². The second kappa shape index (κ2) is 3.50. The van der Waals surface area contributed by atoms with Gasteiger partial charge in [-0.2, -0.15) is 0 Å². The summed E-state index contributed by atoms with van der Waals surface area (Å²) in [5.41, 5.74) is 0.947. The lowest BCUT2D eigenvalue weighted by atomic mass is 10.0. The average Bonchev–Trinajstić information content (AvgIpc) is 3.05. The maximum Gasteiger partial charge on any atom is 0.143 e. The summed E-state index contributed by atoms with van der Waals surface area (Å²) in [5, 5.41) is 4.28. The Labute approximate surface area is 103 Å². The standard InChI is InChI=1S/C16H9O2/c1-2-6-13-12(4-1)9-18-16(13)14-7-3-5-11-8-17-10-15(11)14/h1-6,8-10H. The molecule has 2 nitrogen and oxygen atoms in total. The maximum absolute atomic E-state index is 5.71. The Kier molecular flexibility index (Phi) is 1.86. The molecule has 0 N–H and O–H groups in total. The Morgan fingerprint density at radius 1 is 0.833 bits per heavy atom. The Bertz CT molecular complexity index is 836. The van der Waals surface area contributed by atoms with Gasteiger partial charge in [-0.15, -0.1) is 0 Å². The lowest BCUT2D eigenvalue weighted by Gasteiger charge is -1.99. The lowest BCUT2D eigenvalue weighted by Crippen LogP contribution is -1.77. The summed E-state index contributed by atoms with van der Waals surface area (Å²) in [6.07, 6.45) is 5.24. The Balaban J connectivity index is 2.10. The van der Waals surface area contributed by atoms with E-state index in [-0.39, 0.29) is 0 Å². The van der Waals surface area contributed by atoms with Crippen LogP contribution in [0.2, 0.25) is 0 Å². The maximum atomic E-state index is 5.71. The Morgan fingerprint density at radius 2 is 1.72 bits per heavy atom. The van der Waals surface area contributed by atoms with Crippen LogP contribution in [0, 0.1) is 6.07 Å². The van der Waals surface area contributed by atoms with Gasteiger partial charge in [0.05, 0.1) is 18.8 Å². The van der Waals surface area contributed by atoms with Gasteiger partial charge in [0.25, 0.3) is 0 Å². The van der Waals surface area contributed by atoms with Gasteiger partial charge >= 0.3 is 0 Å². The van der Waals surface area contributed by atoms with Crippen molar-refractivity contribution in [2.75, 3.05) is 0 Å². The highest BCUT2D eigenvalue weighted by atomic mass is 16.3. The quantitative estimate of drug-likeness (QED) is 0.478. The molecule has 0 bridgehead atoms. The molecule has 0 saturated heterocycles. The van der Waals surface area contributed by atoms with Crippen LogP contribution in [0.3, 0.4) is 0 Å². The summed E-state index contributed by atoms with van der Waals surface area (Å²) >= 11 is 0. The first kappa shape index (κ1) is 9.54. The van der Waals surface area contributed by atoms with E-state index >= 15 is 0 Å². The highest BCUT2D eigenvalue weighted by molar-refractivity contribution is 6.02. The van der Waals surface area contributed by atoms with Crippen molar-refractivity contribution in [3.63, 3.8) is 0 Å². The van der Waals surface area contributed by atoms with E-state index in [9.17, 15) is 0 Å². The molecule has 18 heavy (non-hydrogen) atoms. The van der Waals surface area contributed by atoms with Crippen molar-refractivity contribution in [1.82, 2.24) is 0 Å². The summed E-state index contributed by atoms with van der Waals surface area (Å²) in [5.74, 6) is 0.845. The molecule has 4 aromatic rings. The first-order valence-corrected chi connectivity index (χ1v) is 5.77. The zero-order valence-electron chi connectivity index (χ0n) is 9.51. The molecule has 2 aromatic carbocycles. The van der Waals surface area contributed by atoms with Crippen molar-refractivity contribution in [1.29, 1.82) is 0 Å². The Morgan fingerprint density at radius 3 is 2.72 bits per heavy atom. The molecule has 0 unspecified atom stereocenters. The zero-order chi connectivity index (χ0) is 11.9. The molecule has 2 heteroatoms. The van der Waals surface area contributed by atoms with Gasteiger partial charge < -0.3 is 8.83 Å². The molecule has 0 aliphatic rings. The summed E-state index contributed by atoms with van der Waals surface area (Å²) < 4.78 is 11.0. The minimum atomic E-state index is 0.845. The second-order valence-corrected chi connectivity index (χ2v) is 4.25. The van der Waals surface area contributed by atoms with Crippen LogP contribution < -0.4 is 0 Å². The molecule has 2 heterocycles. The zero-order valence-corrected chi connectivity index (χ0v) is 9.51. The predicted octanol–water partition coefficient (Wildman–Crippen LogP) is 4.65. The predicted molar refractivity (Wildman–Crippen MR) is 70.3 cm³/mol. The molecule has 0 fully saturated rings.